The molecule has 0 aliphatic heterocycles. The summed E-state index contributed by atoms with van der Waals surface area (Å²) in [6, 6.07) is 5.07. The molecule has 0 unspecified atom stereocenters. The van der Waals surface area contributed by atoms with Crippen LogP contribution in [-0.2, 0) is 5.41 Å². The summed E-state index contributed by atoms with van der Waals surface area (Å²) in [4.78, 5) is 0. The van der Waals surface area contributed by atoms with Crippen LogP contribution in [-0.4, -0.2) is 13.7 Å². The van der Waals surface area contributed by atoms with E-state index in [0.717, 1.165) is 12.0 Å². The summed E-state index contributed by atoms with van der Waals surface area (Å²) < 4.78 is 33.8. The van der Waals surface area contributed by atoms with Crippen molar-refractivity contribution in [1.82, 2.24) is 0 Å². The Balaban J connectivity index is 3.08. The maximum atomic E-state index is 12.2. The molecule has 1 aromatic carbocycles. The van der Waals surface area contributed by atoms with E-state index in [-0.39, 0.29) is 11.2 Å². The Morgan fingerprint density at radius 1 is 1.24 bits per heavy atom. The molecule has 0 heterocycles. The van der Waals surface area contributed by atoms with E-state index >= 15 is 0 Å². The van der Waals surface area contributed by atoms with E-state index in [0.29, 0.717) is 5.75 Å². The number of benzene rings is 1. The molecule has 0 aromatic heterocycles. The van der Waals surface area contributed by atoms with Crippen LogP contribution in [0.5, 0.6) is 11.5 Å². The molecule has 0 amide bonds. The van der Waals surface area contributed by atoms with Crippen LogP contribution in [0.4, 0.5) is 8.78 Å². The lowest BCUT2D eigenvalue weighted by Crippen LogP contribution is -2.15. The van der Waals surface area contributed by atoms with Gasteiger partial charge >= 0.3 is 6.61 Å². The first-order valence-electron chi connectivity index (χ1n) is 5.54. The summed E-state index contributed by atoms with van der Waals surface area (Å²) in [5.41, 5.74) is 1.02. The Morgan fingerprint density at radius 3 is 2.35 bits per heavy atom. The van der Waals surface area contributed by atoms with Crippen molar-refractivity contribution in [3.63, 3.8) is 0 Å². The maximum absolute atomic E-state index is 12.2. The van der Waals surface area contributed by atoms with Crippen molar-refractivity contribution in [2.24, 2.45) is 0 Å². The highest BCUT2D eigenvalue weighted by Crippen LogP contribution is 2.35. The van der Waals surface area contributed by atoms with E-state index in [9.17, 15) is 8.78 Å². The average molecular weight is 244 g/mol. The third kappa shape index (κ3) is 3.32. The number of hydrogen-bond acceptors (Lipinski definition) is 2. The first kappa shape index (κ1) is 13.7. The number of halogens is 2. The number of alkyl halides is 2. The monoisotopic (exact) mass is 244 g/mol. The fourth-order valence-electron chi connectivity index (χ4n) is 1.49. The molecule has 2 nitrogen and oxygen atoms in total. The van der Waals surface area contributed by atoms with Gasteiger partial charge in [0.15, 0.2) is 11.5 Å². The van der Waals surface area contributed by atoms with Gasteiger partial charge in [-0.05, 0) is 29.5 Å². The average Bonchev–Trinajstić information content (AvgIpc) is 2.28. The molecule has 1 rings (SSSR count). The van der Waals surface area contributed by atoms with Crippen LogP contribution in [0.3, 0.4) is 0 Å². The molecule has 0 fully saturated rings. The number of hydrogen-bond donors (Lipinski definition) is 0. The topological polar surface area (TPSA) is 18.5 Å². The third-order valence-corrected chi connectivity index (χ3v) is 3.05. The zero-order valence-corrected chi connectivity index (χ0v) is 10.6. The molecule has 96 valence electrons. The second-order valence-corrected chi connectivity index (χ2v) is 4.48. The van der Waals surface area contributed by atoms with Gasteiger partial charge in [0.25, 0.3) is 0 Å². The quantitative estimate of drug-likeness (QED) is 0.779. The van der Waals surface area contributed by atoms with E-state index in [1.54, 1.807) is 12.1 Å². The van der Waals surface area contributed by atoms with Crippen LogP contribution in [0.1, 0.15) is 32.8 Å². The van der Waals surface area contributed by atoms with Gasteiger partial charge in [-0.2, -0.15) is 8.78 Å². The predicted octanol–water partition coefficient (Wildman–Crippen LogP) is 3.98. The van der Waals surface area contributed by atoms with E-state index in [4.69, 9.17) is 4.74 Å². The summed E-state index contributed by atoms with van der Waals surface area (Å²) >= 11 is 0. The zero-order valence-electron chi connectivity index (χ0n) is 10.6. The molecular weight excluding hydrogens is 226 g/mol. The normalized spacial score (nSPS) is 11.7. The minimum atomic E-state index is -2.84. The lowest BCUT2D eigenvalue weighted by Gasteiger charge is -2.24. The minimum Gasteiger partial charge on any atom is -0.493 e. The van der Waals surface area contributed by atoms with Crippen LogP contribution in [0, 0.1) is 0 Å². The Bertz CT molecular complexity index is 376. The highest BCUT2D eigenvalue weighted by atomic mass is 19.3. The van der Waals surface area contributed by atoms with E-state index < -0.39 is 6.61 Å². The summed E-state index contributed by atoms with van der Waals surface area (Å²) in [6.07, 6.45) is 0.950. The molecule has 0 saturated heterocycles. The van der Waals surface area contributed by atoms with Gasteiger partial charge in [-0.3, -0.25) is 0 Å². The number of methoxy groups -OCH3 is 1. The predicted molar refractivity (Wildman–Crippen MR) is 62.9 cm³/mol. The van der Waals surface area contributed by atoms with Crippen molar-refractivity contribution >= 4 is 0 Å². The van der Waals surface area contributed by atoms with Crippen molar-refractivity contribution in [2.75, 3.05) is 7.11 Å². The minimum absolute atomic E-state index is 0.0172. The van der Waals surface area contributed by atoms with Crippen LogP contribution in [0.2, 0.25) is 0 Å². The van der Waals surface area contributed by atoms with Gasteiger partial charge in [0.2, 0.25) is 0 Å². The molecule has 0 atom stereocenters. The summed E-state index contributed by atoms with van der Waals surface area (Å²) in [6.45, 7) is 3.43. The van der Waals surface area contributed by atoms with Crippen molar-refractivity contribution in [2.45, 2.75) is 39.2 Å². The summed E-state index contributed by atoms with van der Waals surface area (Å²) in [5.74, 6) is 0.405. The van der Waals surface area contributed by atoms with Gasteiger partial charge in [-0.15, -0.1) is 0 Å². The van der Waals surface area contributed by atoms with Crippen LogP contribution in [0.25, 0.3) is 0 Å². The molecule has 0 radical (unpaired) electrons. The third-order valence-electron chi connectivity index (χ3n) is 3.05. The van der Waals surface area contributed by atoms with Crippen molar-refractivity contribution in [3.05, 3.63) is 23.8 Å². The van der Waals surface area contributed by atoms with E-state index in [2.05, 4.69) is 25.5 Å². The smallest absolute Gasteiger partial charge is 0.387 e. The second kappa shape index (κ2) is 5.34. The fourth-order valence-corrected chi connectivity index (χ4v) is 1.49. The lowest BCUT2D eigenvalue weighted by atomic mass is 9.82. The van der Waals surface area contributed by atoms with Gasteiger partial charge < -0.3 is 9.47 Å². The SMILES string of the molecule is CCC(C)(C)c1ccc(OC(F)F)c(OC)c1. The van der Waals surface area contributed by atoms with Crippen LogP contribution < -0.4 is 9.47 Å². The standard InChI is InChI=1S/C13H18F2O2/c1-5-13(2,3)9-6-7-10(17-12(14)15)11(8-9)16-4/h6-8,12H,5H2,1-4H3. The van der Waals surface area contributed by atoms with Gasteiger partial charge in [-0.1, -0.05) is 26.8 Å². The highest BCUT2D eigenvalue weighted by Gasteiger charge is 2.20. The largest absolute Gasteiger partial charge is 0.493 e. The molecule has 0 N–H and O–H groups in total. The van der Waals surface area contributed by atoms with Gasteiger partial charge in [0.1, 0.15) is 0 Å². The molecule has 0 bridgehead atoms. The zero-order chi connectivity index (χ0) is 13.1. The van der Waals surface area contributed by atoms with Crippen molar-refractivity contribution < 1.29 is 18.3 Å². The Morgan fingerprint density at radius 2 is 1.88 bits per heavy atom. The van der Waals surface area contributed by atoms with Gasteiger partial charge in [0.05, 0.1) is 7.11 Å². The fraction of sp³-hybridized carbons (Fsp3) is 0.538. The van der Waals surface area contributed by atoms with Gasteiger partial charge in [-0.25, -0.2) is 0 Å². The van der Waals surface area contributed by atoms with Crippen molar-refractivity contribution in [1.29, 1.82) is 0 Å². The van der Waals surface area contributed by atoms with Crippen molar-refractivity contribution in [3.8, 4) is 11.5 Å². The molecule has 0 spiro atoms. The molecule has 0 aliphatic carbocycles. The summed E-state index contributed by atoms with van der Waals surface area (Å²) in [5, 5.41) is 0. The van der Waals surface area contributed by atoms with Crippen LogP contribution >= 0.6 is 0 Å². The van der Waals surface area contributed by atoms with Crippen LogP contribution in [0.15, 0.2) is 18.2 Å². The number of ether oxygens (including phenoxy) is 2. The molecule has 1 aromatic rings. The first-order valence-corrected chi connectivity index (χ1v) is 5.54. The van der Waals surface area contributed by atoms with E-state index in [1.165, 1.54) is 13.2 Å². The molecular formula is C13H18F2O2. The lowest BCUT2D eigenvalue weighted by molar-refractivity contribution is -0.0512. The Kier molecular flexibility index (Phi) is 4.32. The first-order chi connectivity index (χ1) is 7.90. The molecule has 0 saturated carbocycles. The Hall–Kier alpha value is -1.32. The van der Waals surface area contributed by atoms with Gasteiger partial charge in [0, 0.05) is 0 Å². The van der Waals surface area contributed by atoms with E-state index in [1.807, 2.05) is 0 Å². The second-order valence-electron chi connectivity index (χ2n) is 4.48. The maximum Gasteiger partial charge on any atom is 0.387 e. The molecule has 4 heteroatoms. The highest BCUT2D eigenvalue weighted by molar-refractivity contribution is 5.44. The number of rotatable bonds is 5. The summed E-state index contributed by atoms with van der Waals surface area (Å²) in [7, 11) is 1.44. The Labute approximate surface area is 101 Å². The molecule has 17 heavy (non-hydrogen) atoms. The molecule has 0 aliphatic rings.